The second kappa shape index (κ2) is 10.00. The first-order chi connectivity index (χ1) is 16.7. The summed E-state index contributed by atoms with van der Waals surface area (Å²) in [6.07, 6.45) is 1.45. The number of ether oxygens (including phenoxy) is 3. The Hall–Kier alpha value is -3.52. The van der Waals surface area contributed by atoms with Gasteiger partial charge in [-0.2, -0.15) is 0 Å². The van der Waals surface area contributed by atoms with Crippen molar-refractivity contribution in [3.8, 4) is 17.2 Å². The van der Waals surface area contributed by atoms with Crippen LogP contribution in [0.5, 0.6) is 17.2 Å². The zero-order valence-corrected chi connectivity index (χ0v) is 20.8. The van der Waals surface area contributed by atoms with Gasteiger partial charge in [0.25, 0.3) is 11.7 Å². The SMILES string of the molecule is COc1ccc([C@H]2C(=C(O)c3ccc4c(c3)C[C@@H](C)O4)C(=O)C(=O)N2CCCN(C)C)cc1OC. The number of aliphatic hydroxyl groups is 1. The van der Waals surface area contributed by atoms with Crippen molar-refractivity contribution < 1.29 is 28.9 Å². The molecule has 1 N–H and O–H groups in total. The highest BCUT2D eigenvalue weighted by Crippen LogP contribution is 2.42. The third-order valence-electron chi connectivity index (χ3n) is 6.44. The molecule has 0 aliphatic carbocycles. The summed E-state index contributed by atoms with van der Waals surface area (Å²) in [5, 5.41) is 11.4. The second-order valence-corrected chi connectivity index (χ2v) is 9.22. The molecular weight excluding hydrogens is 448 g/mol. The van der Waals surface area contributed by atoms with Crippen LogP contribution < -0.4 is 14.2 Å². The van der Waals surface area contributed by atoms with Gasteiger partial charge in [-0.3, -0.25) is 9.59 Å². The van der Waals surface area contributed by atoms with Crippen molar-refractivity contribution in [1.29, 1.82) is 0 Å². The first-order valence-electron chi connectivity index (χ1n) is 11.7. The van der Waals surface area contributed by atoms with Gasteiger partial charge >= 0.3 is 0 Å². The molecule has 8 nitrogen and oxygen atoms in total. The normalized spacial score (nSPS) is 20.8. The lowest BCUT2D eigenvalue weighted by Crippen LogP contribution is -2.32. The smallest absolute Gasteiger partial charge is 0.295 e. The Kier molecular flexibility index (Phi) is 7.03. The highest BCUT2D eigenvalue weighted by molar-refractivity contribution is 6.46. The van der Waals surface area contributed by atoms with Crippen LogP contribution in [-0.2, 0) is 16.0 Å². The largest absolute Gasteiger partial charge is 0.507 e. The highest BCUT2D eigenvalue weighted by atomic mass is 16.5. The van der Waals surface area contributed by atoms with Gasteiger partial charge in [0.05, 0.1) is 25.8 Å². The molecule has 186 valence electrons. The number of aliphatic hydroxyl groups excluding tert-OH is 1. The molecule has 1 amide bonds. The average molecular weight is 481 g/mol. The molecule has 0 bridgehead atoms. The molecule has 0 spiro atoms. The number of carbonyl (C=O) groups excluding carboxylic acids is 2. The number of ketones is 1. The average Bonchev–Trinajstić information content (AvgIpc) is 3.33. The molecule has 2 atom stereocenters. The van der Waals surface area contributed by atoms with Crippen LogP contribution in [0.15, 0.2) is 42.0 Å². The molecule has 8 heteroatoms. The molecule has 0 unspecified atom stereocenters. The van der Waals surface area contributed by atoms with Crippen LogP contribution in [0, 0.1) is 0 Å². The number of rotatable bonds is 8. The first kappa shape index (κ1) is 24.6. The van der Waals surface area contributed by atoms with Crippen molar-refractivity contribution in [2.75, 3.05) is 41.4 Å². The van der Waals surface area contributed by atoms with Gasteiger partial charge < -0.3 is 29.1 Å². The van der Waals surface area contributed by atoms with Crippen LogP contribution in [0.2, 0.25) is 0 Å². The number of carbonyl (C=O) groups is 2. The molecule has 0 aromatic heterocycles. The summed E-state index contributed by atoms with van der Waals surface area (Å²) < 4.78 is 16.6. The number of hydrogen-bond acceptors (Lipinski definition) is 7. The van der Waals surface area contributed by atoms with Crippen molar-refractivity contribution in [2.24, 2.45) is 0 Å². The van der Waals surface area contributed by atoms with Crippen molar-refractivity contribution in [3.05, 3.63) is 58.7 Å². The van der Waals surface area contributed by atoms with E-state index in [-0.39, 0.29) is 17.4 Å². The second-order valence-electron chi connectivity index (χ2n) is 9.22. The van der Waals surface area contributed by atoms with Gasteiger partial charge in [-0.25, -0.2) is 0 Å². The Morgan fingerprint density at radius 1 is 1.11 bits per heavy atom. The van der Waals surface area contributed by atoms with Gasteiger partial charge in [0.1, 0.15) is 17.6 Å². The quantitative estimate of drug-likeness (QED) is 0.352. The van der Waals surface area contributed by atoms with E-state index in [1.165, 1.54) is 12.0 Å². The molecule has 0 saturated carbocycles. The Labute approximate surface area is 205 Å². The summed E-state index contributed by atoms with van der Waals surface area (Å²) in [7, 11) is 6.99. The van der Waals surface area contributed by atoms with Crippen LogP contribution in [0.25, 0.3) is 5.76 Å². The third-order valence-corrected chi connectivity index (χ3v) is 6.44. The summed E-state index contributed by atoms with van der Waals surface area (Å²) in [4.78, 5) is 30.0. The zero-order valence-electron chi connectivity index (χ0n) is 20.8. The maximum absolute atomic E-state index is 13.3. The van der Waals surface area contributed by atoms with E-state index in [4.69, 9.17) is 14.2 Å². The van der Waals surface area contributed by atoms with E-state index in [0.29, 0.717) is 42.0 Å². The Morgan fingerprint density at radius 3 is 2.54 bits per heavy atom. The van der Waals surface area contributed by atoms with Gasteiger partial charge in [-0.1, -0.05) is 6.07 Å². The molecule has 2 aromatic rings. The fraction of sp³-hybridized carbons (Fsp3) is 0.407. The summed E-state index contributed by atoms with van der Waals surface area (Å²) >= 11 is 0. The maximum atomic E-state index is 13.3. The fourth-order valence-electron chi connectivity index (χ4n) is 4.76. The van der Waals surface area contributed by atoms with E-state index in [1.807, 2.05) is 32.0 Å². The monoisotopic (exact) mass is 480 g/mol. The lowest BCUT2D eigenvalue weighted by Gasteiger charge is -2.26. The lowest BCUT2D eigenvalue weighted by atomic mass is 9.94. The summed E-state index contributed by atoms with van der Waals surface area (Å²) in [6, 6.07) is 9.88. The molecule has 4 rings (SSSR count). The molecule has 0 radical (unpaired) electrons. The minimum Gasteiger partial charge on any atom is -0.507 e. The molecule has 2 aromatic carbocycles. The zero-order chi connectivity index (χ0) is 25.3. The van der Waals surface area contributed by atoms with Gasteiger partial charge in [-0.05, 0) is 75.4 Å². The number of benzene rings is 2. The number of fused-ring (bicyclic) bond motifs is 1. The minimum atomic E-state index is -0.750. The predicted molar refractivity (Wildman–Crippen MR) is 132 cm³/mol. The van der Waals surface area contributed by atoms with Crippen molar-refractivity contribution in [1.82, 2.24) is 9.80 Å². The van der Waals surface area contributed by atoms with E-state index in [0.717, 1.165) is 17.9 Å². The molecule has 2 aliphatic rings. The maximum Gasteiger partial charge on any atom is 0.295 e. The number of hydrogen-bond donors (Lipinski definition) is 1. The Morgan fingerprint density at radius 2 is 1.86 bits per heavy atom. The minimum absolute atomic E-state index is 0.0523. The number of nitrogens with zero attached hydrogens (tertiary/aromatic N) is 2. The summed E-state index contributed by atoms with van der Waals surface area (Å²) in [5.74, 6) is 0.275. The Bertz CT molecular complexity index is 1170. The van der Waals surface area contributed by atoms with Gasteiger partial charge in [0, 0.05) is 18.5 Å². The molecular formula is C27H32N2O6. The first-order valence-corrected chi connectivity index (χ1v) is 11.7. The van der Waals surface area contributed by atoms with E-state index >= 15 is 0 Å². The number of methoxy groups -OCH3 is 2. The van der Waals surface area contributed by atoms with Gasteiger partial charge in [-0.15, -0.1) is 0 Å². The molecule has 2 heterocycles. The third kappa shape index (κ3) is 4.71. The summed E-state index contributed by atoms with van der Waals surface area (Å²) in [5.41, 5.74) is 2.17. The van der Waals surface area contributed by atoms with Crippen LogP contribution in [-0.4, -0.2) is 74.1 Å². The van der Waals surface area contributed by atoms with E-state index in [1.54, 1.807) is 37.4 Å². The number of amides is 1. The van der Waals surface area contributed by atoms with Crippen molar-refractivity contribution in [2.45, 2.75) is 31.9 Å². The molecule has 2 aliphatic heterocycles. The van der Waals surface area contributed by atoms with E-state index in [9.17, 15) is 14.7 Å². The van der Waals surface area contributed by atoms with Crippen molar-refractivity contribution in [3.63, 3.8) is 0 Å². The predicted octanol–water partition coefficient (Wildman–Crippen LogP) is 3.40. The van der Waals surface area contributed by atoms with Crippen LogP contribution in [0.1, 0.15) is 36.1 Å². The van der Waals surface area contributed by atoms with Gasteiger partial charge in [0.2, 0.25) is 0 Å². The number of likely N-dealkylation sites (tertiary alicyclic amines) is 1. The fourth-order valence-corrected chi connectivity index (χ4v) is 4.76. The van der Waals surface area contributed by atoms with Crippen LogP contribution in [0.4, 0.5) is 0 Å². The topological polar surface area (TPSA) is 88.5 Å². The lowest BCUT2D eigenvalue weighted by molar-refractivity contribution is -0.139. The van der Waals surface area contributed by atoms with E-state index < -0.39 is 17.7 Å². The molecule has 1 saturated heterocycles. The molecule has 1 fully saturated rings. The van der Waals surface area contributed by atoms with Gasteiger partial charge in [0.15, 0.2) is 11.5 Å². The Balaban J connectivity index is 1.81. The van der Waals surface area contributed by atoms with Crippen molar-refractivity contribution >= 4 is 17.4 Å². The number of Topliss-reactive ketones (excluding diaryl/α,β-unsaturated/α-hetero) is 1. The van der Waals surface area contributed by atoms with E-state index in [2.05, 4.69) is 0 Å². The van der Waals surface area contributed by atoms with Crippen LogP contribution >= 0.6 is 0 Å². The summed E-state index contributed by atoms with van der Waals surface area (Å²) in [6.45, 7) is 3.11. The molecule has 35 heavy (non-hydrogen) atoms. The van der Waals surface area contributed by atoms with Crippen LogP contribution in [0.3, 0.4) is 0 Å². The highest BCUT2D eigenvalue weighted by Gasteiger charge is 2.46. The standard InChI is InChI=1S/C27H32N2O6/c1-16-13-19-14-18(8-9-20(19)35-16)25(30)23-24(17-7-10-21(33-4)22(15-17)34-5)29(27(32)26(23)31)12-6-11-28(2)3/h7-10,14-16,24,30H,6,11-13H2,1-5H3/t16-,24+/m1/s1.